The van der Waals surface area contributed by atoms with E-state index < -0.39 is 0 Å². The van der Waals surface area contributed by atoms with Gasteiger partial charge in [0.05, 0.1) is 61.2 Å². The number of hydrogen-bond acceptors (Lipinski definition) is 19. The van der Waals surface area contributed by atoms with Crippen LogP contribution in [0, 0.1) is 5.92 Å². The number of ether oxygens (including phenoxy) is 4. The van der Waals surface area contributed by atoms with Gasteiger partial charge >= 0.3 is 0 Å². The SMILES string of the molecule is Brc1cccc(CN2CCC(n3c([C@@H]4CCNC4)nc4ccccc43)CC2)c1.Clc1cccc(CN2CCC(n3c([C@@H]4CCNC4)nc4ccccc43)CC2)c1.c1ccc2c(c1)OCC(CN1CCC(n3c([C@@H]4CCNC4)nc4ccccc43)CC1)O2.c1ccc2c(c1)nc([C@@H]1CCNC1)n2C1CCN(Cc2ccc3c(c2)OCCO3)CC1.c1ccc2c(c1)nc([C@H]1CCCN1)n2C1CCN(CC2CCCCCCC2)CC1. The average molecular weight is 2070 g/mol. The van der Waals surface area contributed by atoms with Crippen molar-refractivity contribution >= 4 is 82.7 Å². The van der Waals surface area contributed by atoms with Crippen LogP contribution in [0.3, 0.4) is 0 Å². The van der Waals surface area contributed by atoms with Gasteiger partial charge in [-0.1, -0.05) is 163 Å². The van der Waals surface area contributed by atoms with Crippen molar-refractivity contribution in [1.82, 2.24) is 98.8 Å². The van der Waals surface area contributed by atoms with Gasteiger partial charge < -0.3 is 73.3 Å². The molecule has 17 heterocycles. The van der Waals surface area contributed by atoms with Gasteiger partial charge in [0.25, 0.3) is 0 Å². The molecule has 12 aliphatic heterocycles. The predicted molar refractivity (Wildman–Crippen MR) is 595 cm³/mol. The van der Waals surface area contributed by atoms with Crippen LogP contribution in [0.4, 0.5) is 0 Å². The molecule has 5 aromatic heterocycles. The normalized spacial score (nSPS) is 23.2. The summed E-state index contributed by atoms with van der Waals surface area (Å²) < 4.78 is 37.6. The summed E-state index contributed by atoms with van der Waals surface area (Å²) in [5.74, 6) is 13.0. The van der Waals surface area contributed by atoms with Crippen molar-refractivity contribution in [3.05, 3.63) is 268 Å². The van der Waals surface area contributed by atoms with Crippen molar-refractivity contribution < 1.29 is 18.9 Å². The Kier molecular flexibility index (Phi) is 32.7. The lowest BCUT2D eigenvalue weighted by Gasteiger charge is -2.36. The number of fused-ring (bicyclic) bond motifs is 7. The minimum absolute atomic E-state index is 0.0978. The summed E-state index contributed by atoms with van der Waals surface area (Å²) in [6, 6.07) is 77.9. The van der Waals surface area contributed by atoms with E-state index in [1.165, 1.54) is 225 Å². The number of imidazole rings is 5. The fourth-order valence-electron chi connectivity index (χ4n) is 26.5. The lowest BCUT2D eigenvalue weighted by Crippen LogP contribution is -2.44. The van der Waals surface area contributed by atoms with Gasteiger partial charge in [0.2, 0.25) is 0 Å². The third-order valence-electron chi connectivity index (χ3n) is 34.2. The minimum Gasteiger partial charge on any atom is -0.486 e. The number of para-hydroxylation sites is 12. The van der Waals surface area contributed by atoms with Crippen LogP contribution in [0.2, 0.25) is 5.02 Å². The van der Waals surface area contributed by atoms with Gasteiger partial charge in [-0.2, -0.15) is 0 Å². The molecule has 24 nitrogen and oxygen atoms in total. The molecular weight excluding hydrogens is 1910 g/mol. The molecule has 1 aliphatic carbocycles. The number of rotatable bonds is 20. The van der Waals surface area contributed by atoms with Crippen LogP contribution in [0.15, 0.2) is 217 Å². The van der Waals surface area contributed by atoms with Crippen LogP contribution in [0.1, 0.15) is 253 Å². The molecule has 11 fully saturated rings. The summed E-state index contributed by atoms with van der Waals surface area (Å²) in [4.78, 5) is 38.4. The molecule has 774 valence electrons. The van der Waals surface area contributed by atoms with Crippen LogP contribution in [-0.4, -0.2) is 236 Å². The number of nitrogens with zero attached hydrogens (tertiary/aromatic N) is 15. The second kappa shape index (κ2) is 48.0. The highest BCUT2D eigenvalue weighted by atomic mass is 79.9. The van der Waals surface area contributed by atoms with E-state index in [1.807, 2.05) is 36.4 Å². The van der Waals surface area contributed by atoms with Crippen molar-refractivity contribution in [2.45, 2.75) is 233 Å². The highest BCUT2D eigenvalue weighted by molar-refractivity contribution is 9.10. The van der Waals surface area contributed by atoms with Crippen LogP contribution in [0.25, 0.3) is 55.2 Å². The van der Waals surface area contributed by atoms with E-state index in [1.54, 1.807) is 0 Å². The van der Waals surface area contributed by atoms with E-state index in [-0.39, 0.29) is 6.10 Å². The molecule has 9 aromatic carbocycles. The van der Waals surface area contributed by atoms with Crippen LogP contribution in [0.5, 0.6) is 23.0 Å². The van der Waals surface area contributed by atoms with Crippen molar-refractivity contribution in [3.63, 3.8) is 0 Å². The number of nitrogens with one attached hydrogen (secondary N) is 5. The van der Waals surface area contributed by atoms with E-state index in [0.29, 0.717) is 79.7 Å². The molecule has 0 amide bonds. The molecule has 0 radical (unpaired) electrons. The number of halogens is 2. The molecule has 27 rings (SSSR count). The zero-order valence-electron chi connectivity index (χ0n) is 86.1. The first-order valence-corrected chi connectivity index (χ1v) is 57.6. The smallest absolute Gasteiger partial charge is 0.161 e. The molecular formula is C121H152BrClN20O4. The van der Waals surface area contributed by atoms with E-state index in [4.69, 9.17) is 55.5 Å². The quantitative estimate of drug-likeness (QED) is 0.0482. The Bertz CT molecular complexity index is 6480. The largest absolute Gasteiger partial charge is 0.486 e. The Hall–Kier alpha value is -10.1. The maximum atomic E-state index is 6.19. The highest BCUT2D eigenvalue weighted by Gasteiger charge is 2.38. The molecule has 13 aliphatic rings. The minimum atomic E-state index is 0.0978. The Balaban J connectivity index is 0.000000101. The maximum Gasteiger partial charge on any atom is 0.161 e. The summed E-state index contributed by atoms with van der Waals surface area (Å²) in [6.45, 7) is 28.3. The van der Waals surface area contributed by atoms with Crippen molar-refractivity contribution in [1.29, 1.82) is 0 Å². The average Bonchev–Trinajstić information content (AvgIpc) is 1.64. The standard InChI is InChI=1S/2C25H30N4O2.C25H38N4.C23H27BrN4.C23H27ClN4/c1-2-6-22-21(5-1)27-25(18-9-12-26-15-18)29(22)19-10-13-28(14-11-19)16-20-17-30-23-7-3-4-8-24(23)31-20;1-2-4-22-21(3-1)27-25(19-7-10-26-16-19)29(22)20-8-11-28(12-9-20)17-18-5-6-23-24(15-18)31-14-13-30-23;1-2-4-9-20(10-5-3-1)19-28-17-14-21(15-18-28)29-24-13-7-6-11-22(24)27-25(29)23-12-8-16-26-23;2*24-19-5-3-4-17(14-19)16-27-12-9-20(10-13-27)28-22-7-2-1-6-21(22)26-23(28)18-8-11-25-15-18/h1-8,18-20,26H,9-17H2;1-6,15,19-20,26H,7-14,16-17H2;6-7,11,13,20-21,23,26H,1-5,8-10,12,14-19H2;2*1-7,14,18,20,25H,8-13,15-16H2/t18-,20?;19-;23-;2*18-/m11111/s1. The number of piperidine rings is 5. The van der Waals surface area contributed by atoms with Crippen LogP contribution in [-0.2, 0) is 19.6 Å². The number of hydrogen-bond donors (Lipinski definition) is 5. The summed E-state index contributed by atoms with van der Waals surface area (Å²) in [7, 11) is 0. The molecule has 6 atom stereocenters. The van der Waals surface area contributed by atoms with Crippen LogP contribution < -0.4 is 45.5 Å². The molecule has 10 saturated heterocycles. The third-order valence-corrected chi connectivity index (χ3v) is 34.9. The van der Waals surface area contributed by atoms with Gasteiger partial charge in [-0.25, -0.2) is 24.9 Å². The Morgan fingerprint density at radius 2 is 0.660 bits per heavy atom. The maximum absolute atomic E-state index is 6.19. The number of aromatic nitrogens is 10. The molecule has 0 bridgehead atoms. The summed E-state index contributed by atoms with van der Waals surface area (Å²) >= 11 is 9.75. The lowest BCUT2D eigenvalue weighted by atomic mass is 9.90. The molecule has 0 spiro atoms. The van der Waals surface area contributed by atoms with Crippen molar-refractivity contribution in [2.24, 2.45) is 5.92 Å². The van der Waals surface area contributed by atoms with Crippen molar-refractivity contribution in [3.8, 4) is 23.0 Å². The fraction of sp³-hybridized carbons (Fsp3) is 0.512. The molecule has 5 N–H and O–H groups in total. The summed E-state index contributed by atoms with van der Waals surface area (Å²) in [5.41, 5.74) is 16.3. The van der Waals surface area contributed by atoms with Crippen molar-refractivity contribution in [2.75, 3.05) is 157 Å². The second-order valence-corrected chi connectivity index (χ2v) is 45.4. The fourth-order valence-corrected chi connectivity index (χ4v) is 27.2. The first-order valence-electron chi connectivity index (χ1n) is 56.4. The molecule has 14 aromatic rings. The third kappa shape index (κ3) is 23.8. The van der Waals surface area contributed by atoms with Gasteiger partial charge in [-0.15, -0.1) is 0 Å². The van der Waals surface area contributed by atoms with E-state index in [0.717, 1.165) is 219 Å². The summed E-state index contributed by atoms with van der Waals surface area (Å²) in [6.07, 6.45) is 29.5. The lowest BCUT2D eigenvalue weighted by molar-refractivity contribution is 0.0485. The zero-order chi connectivity index (χ0) is 98.6. The van der Waals surface area contributed by atoms with E-state index in [9.17, 15) is 0 Å². The van der Waals surface area contributed by atoms with Gasteiger partial charge in [0.1, 0.15) is 55.0 Å². The first-order chi connectivity index (χ1) is 72.6. The molecule has 1 saturated carbocycles. The zero-order valence-corrected chi connectivity index (χ0v) is 88.4. The predicted octanol–water partition coefficient (Wildman–Crippen LogP) is 22.1. The highest BCUT2D eigenvalue weighted by Crippen LogP contribution is 2.44. The topological polar surface area (TPSA) is 202 Å². The Labute approximate surface area is 881 Å². The molecule has 147 heavy (non-hydrogen) atoms. The first kappa shape index (κ1) is 100. The summed E-state index contributed by atoms with van der Waals surface area (Å²) in [5, 5.41) is 18.6. The van der Waals surface area contributed by atoms with E-state index in [2.05, 4.69) is 266 Å². The molecule has 1 unspecified atom stereocenters. The number of benzene rings is 9. The van der Waals surface area contributed by atoms with Gasteiger partial charge in [-0.05, 0) is 280 Å². The molecule has 26 heteroatoms. The van der Waals surface area contributed by atoms with Crippen LogP contribution >= 0.6 is 27.5 Å². The van der Waals surface area contributed by atoms with Gasteiger partial charge in [0.15, 0.2) is 23.0 Å². The van der Waals surface area contributed by atoms with E-state index >= 15 is 0 Å². The second-order valence-electron chi connectivity index (χ2n) is 44.1. The van der Waals surface area contributed by atoms with Gasteiger partial charge in [-0.3, -0.25) is 19.6 Å². The van der Waals surface area contributed by atoms with Gasteiger partial charge in [0, 0.05) is 188 Å². The Morgan fingerprint density at radius 1 is 0.299 bits per heavy atom. The monoisotopic (exact) mass is 2060 g/mol. The number of likely N-dealkylation sites (tertiary alicyclic amines) is 5. The Morgan fingerprint density at radius 3 is 1.07 bits per heavy atom.